The molecule has 7 heteroatoms. The Hall–Kier alpha value is -4.91. The number of Topliss-reactive ketones (excluding diaryl/α,β-unsaturated/α-hetero) is 1. The number of carbonyl (C=O) groups is 2. The van der Waals surface area contributed by atoms with Gasteiger partial charge in [-0.15, -0.1) is 0 Å². The number of aliphatic hydroxyl groups is 1. The standard InChI is InChI=1S/C31H24N2O5/c1-19-4-2-6-25(16-19)38-24-10-8-23(9-11-24)33-28(22-5-3-14-32-18-22)27(30(35)31(33)36)29(34)21-7-12-26-20(17-21)13-15-37-26/h2-12,14,16-18,28,34H,13,15H2,1H3/b29-27-. The smallest absolute Gasteiger partial charge is 0.300 e. The van der Waals surface area contributed by atoms with Gasteiger partial charge in [0.1, 0.15) is 23.0 Å². The van der Waals surface area contributed by atoms with E-state index in [1.165, 1.54) is 4.90 Å². The van der Waals surface area contributed by atoms with E-state index in [4.69, 9.17) is 9.47 Å². The maximum atomic E-state index is 13.4. The lowest BCUT2D eigenvalue weighted by molar-refractivity contribution is -0.132. The molecular weight excluding hydrogens is 480 g/mol. The van der Waals surface area contributed by atoms with Gasteiger partial charge in [0.25, 0.3) is 11.7 Å². The number of nitrogens with zero attached hydrogens (tertiary/aromatic N) is 2. The van der Waals surface area contributed by atoms with Gasteiger partial charge >= 0.3 is 0 Å². The summed E-state index contributed by atoms with van der Waals surface area (Å²) < 4.78 is 11.5. The maximum Gasteiger partial charge on any atom is 0.300 e. The van der Waals surface area contributed by atoms with Gasteiger partial charge in [0, 0.05) is 30.1 Å². The monoisotopic (exact) mass is 504 g/mol. The molecule has 1 saturated heterocycles. The minimum Gasteiger partial charge on any atom is -0.507 e. The first-order chi connectivity index (χ1) is 18.5. The van der Waals surface area contributed by atoms with E-state index in [9.17, 15) is 14.7 Å². The Labute approximate surface area is 219 Å². The fourth-order valence-corrected chi connectivity index (χ4v) is 4.93. The molecule has 6 rings (SSSR count). The van der Waals surface area contributed by atoms with Gasteiger partial charge < -0.3 is 14.6 Å². The van der Waals surface area contributed by atoms with Crippen molar-refractivity contribution in [3.63, 3.8) is 0 Å². The Morgan fingerprint density at radius 2 is 1.84 bits per heavy atom. The lowest BCUT2D eigenvalue weighted by atomic mass is 9.95. The summed E-state index contributed by atoms with van der Waals surface area (Å²) in [7, 11) is 0. The van der Waals surface area contributed by atoms with Gasteiger partial charge in [0.2, 0.25) is 0 Å². The molecule has 1 unspecified atom stereocenters. The van der Waals surface area contributed by atoms with E-state index in [1.54, 1.807) is 60.9 Å². The number of rotatable bonds is 5. The average Bonchev–Trinajstić information content (AvgIpc) is 3.51. The maximum absolute atomic E-state index is 13.4. The van der Waals surface area contributed by atoms with E-state index < -0.39 is 17.7 Å². The van der Waals surface area contributed by atoms with E-state index in [2.05, 4.69) is 4.98 Å². The fraction of sp³-hybridized carbons (Fsp3) is 0.129. The SMILES string of the molecule is Cc1cccc(Oc2ccc(N3C(=O)C(=O)/C(=C(\O)c4ccc5c(c4)CCO5)C3c3cccnc3)cc2)c1. The lowest BCUT2D eigenvalue weighted by Crippen LogP contribution is -2.29. The number of hydrogen-bond acceptors (Lipinski definition) is 6. The number of anilines is 1. The molecule has 1 aromatic heterocycles. The van der Waals surface area contributed by atoms with Gasteiger partial charge in [-0.1, -0.05) is 18.2 Å². The quantitative estimate of drug-likeness (QED) is 0.212. The summed E-state index contributed by atoms with van der Waals surface area (Å²) in [6.07, 6.45) is 3.93. The number of hydrogen-bond donors (Lipinski definition) is 1. The predicted octanol–water partition coefficient (Wildman–Crippen LogP) is 5.74. The van der Waals surface area contributed by atoms with E-state index in [0.717, 1.165) is 16.9 Å². The summed E-state index contributed by atoms with van der Waals surface area (Å²) >= 11 is 0. The third-order valence-electron chi connectivity index (χ3n) is 6.75. The highest BCUT2D eigenvalue weighted by Crippen LogP contribution is 2.43. The molecule has 2 aliphatic heterocycles. The zero-order chi connectivity index (χ0) is 26.2. The molecule has 3 aromatic carbocycles. The predicted molar refractivity (Wildman–Crippen MR) is 142 cm³/mol. The van der Waals surface area contributed by atoms with Crippen LogP contribution in [-0.4, -0.2) is 28.4 Å². The van der Waals surface area contributed by atoms with Crippen LogP contribution in [0.2, 0.25) is 0 Å². The normalized spacial score (nSPS) is 17.8. The summed E-state index contributed by atoms with van der Waals surface area (Å²) in [6, 6.07) is 22.6. The number of ketones is 1. The molecule has 3 heterocycles. The Kier molecular flexibility index (Phi) is 5.88. The van der Waals surface area contributed by atoms with Gasteiger partial charge in [-0.25, -0.2) is 0 Å². The van der Waals surface area contributed by atoms with Crippen LogP contribution in [0.5, 0.6) is 17.2 Å². The van der Waals surface area contributed by atoms with Gasteiger partial charge in [0.15, 0.2) is 0 Å². The molecule has 0 bridgehead atoms. The van der Waals surface area contributed by atoms with Crippen LogP contribution in [0.1, 0.15) is 28.3 Å². The van der Waals surface area contributed by atoms with Crippen molar-refractivity contribution >= 4 is 23.1 Å². The summed E-state index contributed by atoms with van der Waals surface area (Å²) in [6.45, 7) is 2.56. The number of ether oxygens (including phenoxy) is 2. The second-order valence-corrected chi connectivity index (χ2v) is 9.29. The molecule has 4 aromatic rings. The topological polar surface area (TPSA) is 89.0 Å². The Balaban J connectivity index is 1.40. The largest absolute Gasteiger partial charge is 0.507 e. The first kappa shape index (κ1) is 23.5. The Morgan fingerprint density at radius 1 is 1.00 bits per heavy atom. The van der Waals surface area contributed by atoms with Crippen LogP contribution in [0.25, 0.3) is 5.76 Å². The summed E-state index contributed by atoms with van der Waals surface area (Å²) in [4.78, 5) is 32.4. The number of amides is 1. The van der Waals surface area contributed by atoms with Crippen LogP contribution in [0.15, 0.2) is 96.8 Å². The molecule has 0 aliphatic carbocycles. The Bertz CT molecular complexity index is 1580. The van der Waals surface area contributed by atoms with Crippen molar-refractivity contribution in [3.8, 4) is 17.2 Å². The molecule has 7 nitrogen and oxygen atoms in total. The first-order valence-electron chi connectivity index (χ1n) is 12.3. The highest BCUT2D eigenvalue weighted by molar-refractivity contribution is 6.51. The van der Waals surface area contributed by atoms with Crippen LogP contribution in [0.4, 0.5) is 5.69 Å². The van der Waals surface area contributed by atoms with Crippen LogP contribution < -0.4 is 14.4 Å². The molecule has 188 valence electrons. The minimum absolute atomic E-state index is 0.0157. The van der Waals surface area contributed by atoms with Gasteiger partial charge in [-0.05, 0) is 84.3 Å². The molecule has 0 saturated carbocycles. The number of carbonyl (C=O) groups excluding carboxylic acids is 2. The third-order valence-corrected chi connectivity index (χ3v) is 6.75. The van der Waals surface area contributed by atoms with Crippen LogP contribution in [0, 0.1) is 6.92 Å². The molecule has 1 atom stereocenters. The van der Waals surface area contributed by atoms with Crippen molar-refractivity contribution in [3.05, 3.63) is 119 Å². The van der Waals surface area contributed by atoms with Crippen molar-refractivity contribution in [1.29, 1.82) is 0 Å². The van der Waals surface area contributed by atoms with Crippen molar-refractivity contribution < 1.29 is 24.2 Å². The van der Waals surface area contributed by atoms with Gasteiger partial charge in [-0.2, -0.15) is 0 Å². The van der Waals surface area contributed by atoms with E-state index in [0.29, 0.717) is 41.3 Å². The van der Waals surface area contributed by atoms with Crippen molar-refractivity contribution in [1.82, 2.24) is 4.98 Å². The minimum atomic E-state index is -0.850. The molecular formula is C31H24N2O5. The third kappa shape index (κ3) is 4.18. The second kappa shape index (κ2) is 9.52. The first-order valence-corrected chi connectivity index (χ1v) is 12.3. The summed E-state index contributed by atoms with van der Waals surface area (Å²) in [5.74, 6) is 0.348. The molecule has 2 aliphatic rings. The summed E-state index contributed by atoms with van der Waals surface area (Å²) in [5.41, 5.74) is 3.61. The van der Waals surface area contributed by atoms with E-state index >= 15 is 0 Å². The molecule has 0 radical (unpaired) electrons. The van der Waals surface area contributed by atoms with Crippen LogP contribution >= 0.6 is 0 Å². The average molecular weight is 505 g/mol. The number of aromatic nitrogens is 1. The Morgan fingerprint density at radius 3 is 2.61 bits per heavy atom. The number of pyridine rings is 1. The number of fused-ring (bicyclic) bond motifs is 1. The molecule has 1 fully saturated rings. The zero-order valence-corrected chi connectivity index (χ0v) is 20.6. The fourth-order valence-electron chi connectivity index (χ4n) is 4.93. The van der Waals surface area contributed by atoms with Crippen LogP contribution in [-0.2, 0) is 16.0 Å². The van der Waals surface area contributed by atoms with Crippen LogP contribution in [0.3, 0.4) is 0 Å². The zero-order valence-electron chi connectivity index (χ0n) is 20.6. The second-order valence-electron chi connectivity index (χ2n) is 9.29. The summed E-state index contributed by atoms with van der Waals surface area (Å²) in [5, 5.41) is 11.4. The highest BCUT2D eigenvalue weighted by Gasteiger charge is 2.47. The van der Waals surface area contributed by atoms with Gasteiger partial charge in [0.05, 0.1) is 18.2 Å². The molecule has 1 N–H and O–H groups in total. The van der Waals surface area contributed by atoms with E-state index in [1.807, 2.05) is 37.3 Å². The lowest BCUT2D eigenvalue weighted by Gasteiger charge is -2.25. The molecule has 1 amide bonds. The molecule has 0 spiro atoms. The number of aliphatic hydroxyl groups excluding tert-OH is 1. The van der Waals surface area contributed by atoms with Crippen molar-refractivity contribution in [2.45, 2.75) is 19.4 Å². The van der Waals surface area contributed by atoms with E-state index in [-0.39, 0.29) is 11.3 Å². The van der Waals surface area contributed by atoms with Crippen molar-refractivity contribution in [2.24, 2.45) is 0 Å². The number of benzene rings is 3. The number of aryl methyl sites for hydroxylation is 1. The highest BCUT2D eigenvalue weighted by atomic mass is 16.5. The van der Waals surface area contributed by atoms with Gasteiger partial charge in [-0.3, -0.25) is 19.5 Å². The molecule has 38 heavy (non-hydrogen) atoms. The van der Waals surface area contributed by atoms with Crippen molar-refractivity contribution in [2.75, 3.05) is 11.5 Å².